The van der Waals surface area contributed by atoms with E-state index in [0.717, 1.165) is 11.1 Å². The molecule has 2 aliphatic heterocycles. The van der Waals surface area contributed by atoms with Crippen LogP contribution in [0.3, 0.4) is 0 Å². The number of rotatable bonds is 3. The number of fused-ring (bicyclic) bond motifs is 1. The number of ketones is 1. The minimum Gasteiger partial charge on any atom is -0.322 e. The third-order valence-corrected chi connectivity index (χ3v) is 5.18. The maximum Gasteiger partial charge on any atom is 0.255 e. The maximum absolute atomic E-state index is 12.8. The molecule has 4 rings (SSSR count). The molecule has 1 saturated heterocycles. The Morgan fingerprint density at radius 3 is 2.63 bits per heavy atom. The van der Waals surface area contributed by atoms with Crippen LogP contribution in [0.5, 0.6) is 0 Å². The lowest BCUT2D eigenvalue weighted by molar-refractivity contribution is -0.136. The Morgan fingerprint density at radius 1 is 1.11 bits per heavy atom. The van der Waals surface area contributed by atoms with Crippen LogP contribution in [0.25, 0.3) is 0 Å². The van der Waals surface area contributed by atoms with Crippen LogP contribution in [0.2, 0.25) is 0 Å². The molecule has 2 aromatic rings. The largest absolute Gasteiger partial charge is 0.322 e. The predicted molar refractivity (Wildman–Crippen MR) is 97.1 cm³/mol. The summed E-state index contributed by atoms with van der Waals surface area (Å²) in [6, 6.07) is 11.7. The van der Waals surface area contributed by atoms with E-state index in [1.807, 2.05) is 25.1 Å². The predicted octanol–water partition coefficient (Wildman–Crippen LogP) is 1.99. The molecule has 0 radical (unpaired) electrons. The summed E-state index contributed by atoms with van der Waals surface area (Å²) in [5, 5.41) is 2.29. The van der Waals surface area contributed by atoms with Gasteiger partial charge in [-0.25, -0.2) is 0 Å². The molecule has 1 unspecified atom stereocenters. The monoisotopic (exact) mass is 362 g/mol. The Hall–Kier alpha value is -3.28. The Kier molecular flexibility index (Phi) is 4.11. The number of hydrogen-bond donors (Lipinski definition) is 1. The average Bonchev–Trinajstić information content (AvgIpc) is 2.97. The van der Waals surface area contributed by atoms with Gasteiger partial charge in [0.2, 0.25) is 11.8 Å². The van der Waals surface area contributed by atoms with Gasteiger partial charge in [-0.3, -0.25) is 24.5 Å². The number of aryl methyl sites for hydroxylation is 1. The van der Waals surface area contributed by atoms with E-state index in [1.54, 1.807) is 24.3 Å². The Labute approximate surface area is 156 Å². The molecule has 1 N–H and O–H groups in total. The van der Waals surface area contributed by atoms with Gasteiger partial charge in [-0.1, -0.05) is 30.3 Å². The van der Waals surface area contributed by atoms with Gasteiger partial charge in [0.1, 0.15) is 6.04 Å². The van der Waals surface area contributed by atoms with Crippen molar-refractivity contribution in [1.29, 1.82) is 0 Å². The van der Waals surface area contributed by atoms with Crippen molar-refractivity contribution in [2.24, 2.45) is 0 Å². The number of nitrogens with one attached hydrogen (secondary N) is 1. The number of imide groups is 1. The SMILES string of the molecule is Cc1ccccc1C(=O)c1ccc2c(c1)CN(C1CCC(=O)NC1=O)C2=O. The van der Waals surface area contributed by atoms with Gasteiger partial charge in [0.25, 0.3) is 5.91 Å². The quantitative estimate of drug-likeness (QED) is 0.669. The first-order chi connectivity index (χ1) is 13.0. The molecule has 0 aromatic heterocycles. The van der Waals surface area contributed by atoms with E-state index in [0.29, 0.717) is 23.1 Å². The number of benzene rings is 2. The third kappa shape index (κ3) is 2.93. The number of amides is 3. The average molecular weight is 362 g/mol. The van der Waals surface area contributed by atoms with E-state index >= 15 is 0 Å². The lowest BCUT2D eigenvalue weighted by Crippen LogP contribution is -2.52. The number of carbonyl (C=O) groups excluding carboxylic acids is 4. The molecule has 2 aromatic carbocycles. The fraction of sp³-hybridized carbons (Fsp3) is 0.238. The van der Waals surface area contributed by atoms with E-state index in [1.165, 1.54) is 4.90 Å². The summed E-state index contributed by atoms with van der Waals surface area (Å²) in [6.45, 7) is 2.14. The molecule has 27 heavy (non-hydrogen) atoms. The van der Waals surface area contributed by atoms with Crippen molar-refractivity contribution < 1.29 is 19.2 Å². The van der Waals surface area contributed by atoms with Gasteiger partial charge < -0.3 is 4.90 Å². The number of carbonyl (C=O) groups is 4. The van der Waals surface area contributed by atoms with E-state index in [-0.39, 0.29) is 30.6 Å². The fourth-order valence-electron chi connectivity index (χ4n) is 3.70. The molecule has 0 saturated carbocycles. The summed E-state index contributed by atoms with van der Waals surface area (Å²) < 4.78 is 0. The normalized spacial score (nSPS) is 19.1. The maximum atomic E-state index is 12.8. The van der Waals surface area contributed by atoms with Gasteiger partial charge >= 0.3 is 0 Å². The summed E-state index contributed by atoms with van der Waals surface area (Å²) in [5.41, 5.74) is 3.26. The summed E-state index contributed by atoms with van der Waals surface area (Å²) >= 11 is 0. The minimum absolute atomic E-state index is 0.0946. The smallest absolute Gasteiger partial charge is 0.255 e. The first kappa shape index (κ1) is 17.1. The molecule has 1 atom stereocenters. The molecule has 6 nitrogen and oxygen atoms in total. The summed E-state index contributed by atoms with van der Waals surface area (Å²) in [7, 11) is 0. The minimum atomic E-state index is -0.655. The van der Waals surface area contributed by atoms with Gasteiger partial charge in [-0.05, 0) is 36.6 Å². The second-order valence-corrected chi connectivity index (χ2v) is 6.92. The van der Waals surface area contributed by atoms with Crippen molar-refractivity contribution in [3.8, 4) is 0 Å². The van der Waals surface area contributed by atoms with Gasteiger partial charge in [-0.2, -0.15) is 0 Å². The highest BCUT2D eigenvalue weighted by Gasteiger charge is 2.39. The van der Waals surface area contributed by atoms with E-state index in [9.17, 15) is 19.2 Å². The van der Waals surface area contributed by atoms with Gasteiger partial charge in [-0.15, -0.1) is 0 Å². The zero-order valence-corrected chi connectivity index (χ0v) is 14.8. The van der Waals surface area contributed by atoms with Gasteiger partial charge in [0.05, 0.1) is 0 Å². The molecule has 1 fully saturated rings. The molecule has 2 aliphatic rings. The molecule has 0 bridgehead atoms. The number of hydrogen-bond acceptors (Lipinski definition) is 4. The number of piperidine rings is 1. The topological polar surface area (TPSA) is 83.6 Å². The Balaban J connectivity index is 1.61. The van der Waals surface area contributed by atoms with E-state index in [4.69, 9.17) is 0 Å². The first-order valence-corrected chi connectivity index (χ1v) is 8.83. The standard InChI is InChI=1S/C21H18N2O4/c1-12-4-2-3-5-15(12)19(25)13-6-7-16-14(10-13)11-23(21(16)27)17-8-9-18(24)22-20(17)26/h2-7,10,17H,8-9,11H2,1H3,(H,22,24,26). The van der Waals surface area contributed by atoms with Crippen molar-refractivity contribution in [3.05, 3.63) is 70.3 Å². The second kappa shape index (κ2) is 6.46. The van der Waals surface area contributed by atoms with Crippen LogP contribution in [0.15, 0.2) is 42.5 Å². The Morgan fingerprint density at radius 2 is 1.89 bits per heavy atom. The molecule has 2 heterocycles. The zero-order chi connectivity index (χ0) is 19.1. The molecule has 6 heteroatoms. The molecule has 0 aliphatic carbocycles. The van der Waals surface area contributed by atoms with Crippen LogP contribution < -0.4 is 5.32 Å². The highest BCUT2D eigenvalue weighted by molar-refractivity contribution is 6.11. The van der Waals surface area contributed by atoms with E-state index in [2.05, 4.69) is 5.32 Å². The first-order valence-electron chi connectivity index (χ1n) is 8.83. The fourth-order valence-corrected chi connectivity index (χ4v) is 3.70. The highest BCUT2D eigenvalue weighted by atomic mass is 16.2. The van der Waals surface area contributed by atoms with Crippen LogP contribution in [0.1, 0.15) is 50.2 Å². The molecule has 3 amide bonds. The van der Waals surface area contributed by atoms with Crippen LogP contribution >= 0.6 is 0 Å². The summed E-state index contributed by atoms with van der Waals surface area (Å²) in [4.78, 5) is 50.5. The molecular weight excluding hydrogens is 344 g/mol. The lowest BCUT2D eigenvalue weighted by atomic mass is 9.96. The molecule has 136 valence electrons. The third-order valence-electron chi connectivity index (χ3n) is 5.18. The summed E-state index contributed by atoms with van der Waals surface area (Å²) in [6.07, 6.45) is 0.535. The summed E-state index contributed by atoms with van der Waals surface area (Å²) in [5.74, 6) is -1.09. The van der Waals surface area contributed by atoms with E-state index < -0.39 is 11.9 Å². The van der Waals surface area contributed by atoms with Crippen LogP contribution in [0, 0.1) is 6.92 Å². The van der Waals surface area contributed by atoms with Crippen LogP contribution in [-0.2, 0) is 16.1 Å². The van der Waals surface area contributed by atoms with Crippen molar-refractivity contribution >= 4 is 23.5 Å². The van der Waals surface area contributed by atoms with Crippen molar-refractivity contribution in [2.75, 3.05) is 0 Å². The van der Waals surface area contributed by atoms with Gasteiger partial charge in [0.15, 0.2) is 5.78 Å². The number of nitrogens with zero attached hydrogens (tertiary/aromatic N) is 1. The molecule has 0 spiro atoms. The lowest BCUT2D eigenvalue weighted by Gasteiger charge is -2.29. The van der Waals surface area contributed by atoms with Gasteiger partial charge in [0, 0.05) is 29.7 Å². The highest BCUT2D eigenvalue weighted by Crippen LogP contribution is 2.29. The van der Waals surface area contributed by atoms with Crippen molar-refractivity contribution in [1.82, 2.24) is 10.2 Å². The molecular formula is C21H18N2O4. The second-order valence-electron chi connectivity index (χ2n) is 6.92. The van der Waals surface area contributed by atoms with Crippen molar-refractivity contribution in [3.63, 3.8) is 0 Å². The zero-order valence-electron chi connectivity index (χ0n) is 14.8. The van der Waals surface area contributed by atoms with Crippen molar-refractivity contribution in [2.45, 2.75) is 32.4 Å². The van der Waals surface area contributed by atoms with Crippen LogP contribution in [-0.4, -0.2) is 34.4 Å². The Bertz CT molecular complexity index is 995. The van der Waals surface area contributed by atoms with Crippen LogP contribution in [0.4, 0.5) is 0 Å².